The van der Waals surface area contributed by atoms with E-state index in [-0.39, 0.29) is 12.3 Å². The number of benzene rings is 1. The van der Waals surface area contributed by atoms with E-state index in [1.807, 2.05) is 26.0 Å². The number of ketones is 1. The van der Waals surface area contributed by atoms with Crippen LogP contribution >= 0.6 is 0 Å². The maximum Gasteiger partial charge on any atom is 0.290 e. The van der Waals surface area contributed by atoms with Crippen LogP contribution in [-0.2, 0) is 20.8 Å². The van der Waals surface area contributed by atoms with Crippen molar-refractivity contribution in [1.29, 1.82) is 0 Å². The van der Waals surface area contributed by atoms with Crippen molar-refractivity contribution in [3.63, 3.8) is 0 Å². The second-order valence-electron chi connectivity index (χ2n) is 5.77. The highest BCUT2D eigenvalue weighted by atomic mass is 16.2. The summed E-state index contributed by atoms with van der Waals surface area (Å²) in [5.41, 5.74) is 7.19. The van der Waals surface area contributed by atoms with Gasteiger partial charge in [0.05, 0.1) is 0 Å². The van der Waals surface area contributed by atoms with Gasteiger partial charge in [-0.2, -0.15) is 0 Å². The van der Waals surface area contributed by atoms with Gasteiger partial charge < -0.3 is 10.6 Å². The molecule has 0 aliphatic carbocycles. The molecule has 0 radical (unpaired) electrons. The van der Waals surface area contributed by atoms with E-state index in [9.17, 15) is 14.4 Å². The lowest BCUT2D eigenvalue weighted by Crippen LogP contribution is -2.48. The summed E-state index contributed by atoms with van der Waals surface area (Å²) in [6, 6.07) is 6.55. The van der Waals surface area contributed by atoms with Crippen LogP contribution in [0.15, 0.2) is 24.3 Å². The Hall–Kier alpha value is -2.17. The lowest BCUT2D eigenvalue weighted by molar-refractivity contribution is -0.149. The van der Waals surface area contributed by atoms with Gasteiger partial charge in [-0.1, -0.05) is 38.1 Å². The van der Waals surface area contributed by atoms with E-state index >= 15 is 0 Å². The quantitative estimate of drug-likeness (QED) is 0.846. The van der Waals surface area contributed by atoms with Gasteiger partial charge in [-0.05, 0) is 23.5 Å². The van der Waals surface area contributed by atoms with Crippen LogP contribution in [0, 0.1) is 5.92 Å². The number of hydrogen-bond donors (Lipinski definition) is 1. The molecule has 5 nitrogen and oxygen atoms in total. The molecule has 0 spiro atoms. The first-order valence-corrected chi connectivity index (χ1v) is 7.12. The minimum Gasteiger partial charge on any atom is -0.368 e. The molecule has 1 heterocycles. The number of hydrogen-bond acceptors (Lipinski definition) is 3. The monoisotopic (exact) mass is 288 g/mol. The third-order valence-electron chi connectivity index (χ3n) is 3.65. The van der Waals surface area contributed by atoms with Crippen LogP contribution in [0.1, 0.15) is 37.4 Å². The van der Waals surface area contributed by atoms with E-state index in [0.29, 0.717) is 13.0 Å². The average Bonchev–Trinajstić information content (AvgIpc) is 2.44. The maximum absolute atomic E-state index is 12.3. The highest BCUT2D eigenvalue weighted by Gasteiger charge is 2.36. The minimum atomic E-state index is -0.849. The lowest BCUT2D eigenvalue weighted by Gasteiger charge is -2.35. The zero-order valence-corrected chi connectivity index (χ0v) is 12.3. The Bertz CT molecular complexity index is 581. The SMILES string of the molecule is CC(C)CC(=O)C(=O)N1CCc2ccccc2C1C(N)=O. The first-order valence-electron chi connectivity index (χ1n) is 7.12. The summed E-state index contributed by atoms with van der Waals surface area (Å²) < 4.78 is 0. The van der Waals surface area contributed by atoms with E-state index in [4.69, 9.17) is 5.73 Å². The van der Waals surface area contributed by atoms with E-state index in [2.05, 4.69) is 0 Å². The predicted octanol–water partition coefficient (Wildman–Crippen LogP) is 1.21. The van der Waals surface area contributed by atoms with Crippen molar-refractivity contribution in [2.75, 3.05) is 6.54 Å². The normalized spacial score (nSPS) is 17.5. The molecule has 1 atom stereocenters. The number of nitrogens with two attached hydrogens (primary N) is 1. The summed E-state index contributed by atoms with van der Waals surface area (Å²) >= 11 is 0. The molecule has 1 aliphatic rings. The molecule has 5 heteroatoms. The summed E-state index contributed by atoms with van der Waals surface area (Å²) in [7, 11) is 0. The second-order valence-corrected chi connectivity index (χ2v) is 5.77. The number of primary amides is 1. The Kier molecular flexibility index (Phi) is 4.40. The molecule has 1 aromatic carbocycles. The van der Waals surface area contributed by atoms with Crippen LogP contribution in [-0.4, -0.2) is 29.0 Å². The van der Waals surface area contributed by atoms with Gasteiger partial charge in [0.2, 0.25) is 11.7 Å². The molecule has 0 saturated heterocycles. The van der Waals surface area contributed by atoms with Crippen molar-refractivity contribution in [3.8, 4) is 0 Å². The zero-order chi connectivity index (χ0) is 15.6. The fourth-order valence-electron chi connectivity index (χ4n) is 2.71. The number of carbonyl (C=O) groups excluding carboxylic acids is 3. The lowest BCUT2D eigenvalue weighted by atomic mass is 9.91. The molecule has 2 amide bonds. The van der Waals surface area contributed by atoms with Crippen LogP contribution in [0.2, 0.25) is 0 Å². The van der Waals surface area contributed by atoms with Gasteiger partial charge in [0.15, 0.2) is 0 Å². The van der Waals surface area contributed by atoms with Crippen molar-refractivity contribution >= 4 is 17.6 Å². The Morgan fingerprint density at radius 2 is 1.95 bits per heavy atom. The molecular weight excluding hydrogens is 268 g/mol. The van der Waals surface area contributed by atoms with E-state index in [1.165, 1.54) is 4.90 Å². The summed E-state index contributed by atoms with van der Waals surface area (Å²) in [6.45, 7) is 4.10. The second kappa shape index (κ2) is 6.08. The average molecular weight is 288 g/mol. The standard InChI is InChI=1S/C16H20N2O3/c1-10(2)9-13(19)16(21)18-8-7-11-5-3-4-6-12(11)14(18)15(17)20/h3-6,10,14H,7-9H2,1-2H3,(H2,17,20). The van der Waals surface area contributed by atoms with E-state index in [1.54, 1.807) is 12.1 Å². The van der Waals surface area contributed by atoms with E-state index in [0.717, 1.165) is 11.1 Å². The minimum absolute atomic E-state index is 0.102. The van der Waals surface area contributed by atoms with Crippen LogP contribution in [0.25, 0.3) is 0 Å². The van der Waals surface area contributed by atoms with Gasteiger partial charge in [-0.15, -0.1) is 0 Å². The molecule has 21 heavy (non-hydrogen) atoms. The summed E-state index contributed by atoms with van der Waals surface area (Å²) in [5, 5.41) is 0. The number of nitrogens with zero attached hydrogens (tertiary/aromatic N) is 1. The van der Waals surface area contributed by atoms with Gasteiger partial charge in [0.1, 0.15) is 6.04 Å². The van der Waals surface area contributed by atoms with Crippen molar-refractivity contribution < 1.29 is 14.4 Å². The van der Waals surface area contributed by atoms with Crippen LogP contribution in [0.4, 0.5) is 0 Å². The van der Waals surface area contributed by atoms with Crippen molar-refractivity contribution in [2.45, 2.75) is 32.7 Å². The Morgan fingerprint density at radius 3 is 2.57 bits per heavy atom. The Balaban J connectivity index is 2.30. The molecule has 0 aromatic heterocycles. The van der Waals surface area contributed by atoms with Gasteiger partial charge in [0, 0.05) is 13.0 Å². The first-order chi connectivity index (χ1) is 9.91. The molecule has 0 bridgehead atoms. The smallest absolute Gasteiger partial charge is 0.290 e. The van der Waals surface area contributed by atoms with Crippen LogP contribution in [0.3, 0.4) is 0 Å². The van der Waals surface area contributed by atoms with Crippen LogP contribution in [0.5, 0.6) is 0 Å². The first kappa shape index (κ1) is 15.2. The molecule has 1 aromatic rings. The zero-order valence-electron chi connectivity index (χ0n) is 12.3. The topological polar surface area (TPSA) is 80.5 Å². The number of Topliss-reactive ketones (excluding diaryl/α,β-unsaturated/α-hetero) is 1. The number of rotatable bonds is 4. The molecule has 2 N–H and O–H groups in total. The Morgan fingerprint density at radius 1 is 1.29 bits per heavy atom. The summed E-state index contributed by atoms with van der Waals surface area (Å²) in [4.78, 5) is 37.4. The molecule has 2 rings (SSSR count). The number of carbonyl (C=O) groups is 3. The largest absolute Gasteiger partial charge is 0.368 e. The third-order valence-corrected chi connectivity index (χ3v) is 3.65. The van der Waals surface area contributed by atoms with Crippen molar-refractivity contribution in [1.82, 2.24) is 4.90 Å². The van der Waals surface area contributed by atoms with Gasteiger partial charge in [-0.25, -0.2) is 0 Å². The highest BCUT2D eigenvalue weighted by molar-refractivity contribution is 6.36. The molecule has 0 saturated carbocycles. The van der Waals surface area contributed by atoms with Gasteiger partial charge >= 0.3 is 0 Å². The Labute approximate surface area is 124 Å². The van der Waals surface area contributed by atoms with Crippen molar-refractivity contribution in [2.24, 2.45) is 11.7 Å². The highest BCUT2D eigenvalue weighted by Crippen LogP contribution is 2.29. The summed E-state index contributed by atoms with van der Waals surface area (Å²) in [6.07, 6.45) is 0.809. The fourth-order valence-corrected chi connectivity index (χ4v) is 2.71. The van der Waals surface area contributed by atoms with Crippen molar-refractivity contribution in [3.05, 3.63) is 35.4 Å². The van der Waals surface area contributed by atoms with Gasteiger partial charge in [0.25, 0.3) is 5.91 Å². The maximum atomic E-state index is 12.3. The van der Waals surface area contributed by atoms with Crippen LogP contribution < -0.4 is 5.73 Å². The number of amides is 2. The molecular formula is C16H20N2O3. The molecule has 0 fully saturated rings. The summed E-state index contributed by atoms with van der Waals surface area (Å²) in [5.74, 6) is -1.57. The molecule has 1 aliphatic heterocycles. The van der Waals surface area contributed by atoms with E-state index < -0.39 is 23.6 Å². The molecule has 1 unspecified atom stereocenters. The fraction of sp³-hybridized carbons (Fsp3) is 0.438. The number of fused-ring (bicyclic) bond motifs is 1. The van der Waals surface area contributed by atoms with Gasteiger partial charge in [-0.3, -0.25) is 14.4 Å². The molecule has 112 valence electrons. The third kappa shape index (κ3) is 3.12. The predicted molar refractivity (Wildman–Crippen MR) is 78.3 cm³/mol.